The molecule has 0 amide bonds. The van der Waals surface area contributed by atoms with Gasteiger partial charge in [-0.15, -0.1) is 0 Å². The van der Waals surface area contributed by atoms with Crippen LogP contribution in [0.25, 0.3) is 0 Å². The average Bonchev–Trinajstić information content (AvgIpc) is 2.35. The Hall–Kier alpha value is -0.120. The van der Waals surface area contributed by atoms with Crippen LogP contribution in [0.5, 0.6) is 0 Å². The first-order chi connectivity index (χ1) is 7.80. The second-order valence-electron chi connectivity index (χ2n) is 4.69. The third-order valence-electron chi connectivity index (χ3n) is 3.76. The summed E-state index contributed by atoms with van der Waals surface area (Å²) in [5.74, 6) is 0. The number of ether oxygens (including phenoxy) is 1. The Morgan fingerprint density at radius 1 is 1.12 bits per heavy atom. The molecule has 0 aliphatic heterocycles. The van der Waals surface area contributed by atoms with E-state index in [1.54, 1.807) is 0 Å². The first-order valence-electron chi connectivity index (χ1n) is 6.78. The molecule has 3 nitrogen and oxygen atoms in total. The van der Waals surface area contributed by atoms with Crippen LogP contribution in [0, 0.1) is 0 Å². The molecule has 0 saturated heterocycles. The zero-order chi connectivity index (χ0) is 11.8. The summed E-state index contributed by atoms with van der Waals surface area (Å²) in [6.45, 7) is 9.09. The van der Waals surface area contributed by atoms with Crippen LogP contribution in [0.15, 0.2) is 0 Å². The molecule has 0 aromatic carbocycles. The number of likely N-dealkylation sites (N-methyl/N-ethyl adjacent to an activating group) is 1. The van der Waals surface area contributed by atoms with Gasteiger partial charge in [0.2, 0.25) is 0 Å². The lowest BCUT2D eigenvalue weighted by Crippen LogP contribution is -2.39. The summed E-state index contributed by atoms with van der Waals surface area (Å²) in [4.78, 5) is 2.47. The predicted octanol–water partition coefficient (Wildman–Crippen LogP) is 1.88. The molecule has 16 heavy (non-hydrogen) atoms. The Morgan fingerprint density at radius 2 is 1.75 bits per heavy atom. The molecule has 0 atom stereocenters. The third kappa shape index (κ3) is 4.81. The van der Waals surface area contributed by atoms with Crippen molar-refractivity contribution in [2.75, 3.05) is 33.3 Å². The van der Waals surface area contributed by atoms with E-state index in [1.165, 1.54) is 32.2 Å². The maximum absolute atomic E-state index is 5.38. The summed E-state index contributed by atoms with van der Waals surface area (Å²) in [6, 6.07) is 0.724. The Morgan fingerprint density at radius 3 is 2.25 bits per heavy atom. The second kappa shape index (κ2) is 8.04. The maximum Gasteiger partial charge on any atom is 0.0572 e. The van der Waals surface area contributed by atoms with Crippen molar-refractivity contribution >= 4 is 0 Å². The SMILES string of the molecule is CCN(CC)CCNC1CCC(OC)CC1. The van der Waals surface area contributed by atoms with E-state index in [0.717, 1.165) is 25.7 Å². The van der Waals surface area contributed by atoms with Gasteiger partial charge < -0.3 is 15.0 Å². The van der Waals surface area contributed by atoms with E-state index in [2.05, 4.69) is 24.1 Å². The minimum atomic E-state index is 0.515. The third-order valence-corrected chi connectivity index (χ3v) is 3.76. The van der Waals surface area contributed by atoms with Crippen LogP contribution >= 0.6 is 0 Å². The summed E-state index contributed by atoms with van der Waals surface area (Å²) < 4.78 is 5.38. The van der Waals surface area contributed by atoms with Crippen molar-refractivity contribution in [2.45, 2.75) is 51.7 Å². The quantitative estimate of drug-likeness (QED) is 0.720. The number of rotatable bonds is 7. The number of hydrogen-bond acceptors (Lipinski definition) is 3. The molecule has 0 aromatic rings. The monoisotopic (exact) mass is 228 g/mol. The molecule has 0 bridgehead atoms. The Balaban J connectivity index is 2.06. The molecule has 0 radical (unpaired) electrons. The van der Waals surface area contributed by atoms with Crippen LogP contribution in [0.1, 0.15) is 39.5 Å². The molecular formula is C13H28N2O. The molecule has 1 aliphatic carbocycles. The Bertz CT molecular complexity index is 163. The lowest BCUT2D eigenvalue weighted by Gasteiger charge is -2.29. The van der Waals surface area contributed by atoms with Gasteiger partial charge in [0.1, 0.15) is 0 Å². The van der Waals surface area contributed by atoms with Crippen molar-refractivity contribution in [3.8, 4) is 0 Å². The Labute approximate surface area is 101 Å². The van der Waals surface area contributed by atoms with Crippen LogP contribution < -0.4 is 5.32 Å². The summed E-state index contributed by atoms with van der Waals surface area (Å²) in [5, 5.41) is 3.67. The molecule has 0 aromatic heterocycles. The van der Waals surface area contributed by atoms with E-state index in [-0.39, 0.29) is 0 Å². The van der Waals surface area contributed by atoms with Crippen molar-refractivity contribution in [1.29, 1.82) is 0 Å². The van der Waals surface area contributed by atoms with Gasteiger partial charge in [-0.05, 0) is 38.8 Å². The minimum absolute atomic E-state index is 0.515. The summed E-state index contributed by atoms with van der Waals surface area (Å²) >= 11 is 0. The van der Waals surface area contributed by atoms with Crippen LogP contribution in [-0.2, 0) is 4.74 Å². The van der Waals surface area contributed by atoms with Gasteiger partial charge in [0.25, 0.3) is 0 Å². The normalized spacial score (nSPS) is 26.2. The fourth-order valence-corrected chi connectivity index (χ4v) is 2.47. The predicted molar refractivity (Wildman–Crippen MR) is 68.8 cm³/mol. The molecule has 1 N–H and O–H groups in total. The molecule has 1 saturated carbocycles. The van der Waals surface area contributed by atoms with Gasteiger partial charge in [0.05, 0.1) is 6.10 Å². The zero-order valence-electron chi connectivity index (χ0n) is 11.2. The van der Waals surface area contributed by atoms with Crippen molar-refractivity contribution in [3.05, 3.63) is 0 Å². The fraction of sp³-hybridized carbons (Fsp3) is 1.00. The molecule has 1 rings (SSSR count). The highest BCUT2D eigenvalue weighted by atomic mass is 16.5. The molecule has 1 aliphatic rings. The molecular weight excluding hydrogens is 200 g/mol. The van der Waals surface area contributed by atoms with Crippen LogP contribution in [0.3, 0.4) is 0 Å². The largest absolute Gasteiger partial charge is 0.381 e. The molecule has 1 fully saturated rings. The highest BCUT2D eigenvalue weighted by molar-refractivity contribution is 4.77. The number of nitrogens with one attached hydrogen (secondary N) is 1. The summed E-state index contributed by atoms with van der Waals surface area (Å²) in [7, 11) is 1.83. The number of methoxy groups -OCH3 is 1. The second-order valence-corrected chi connectivity index (χ2v) is 4.69. The highest BCUT2D eigenvalue weighted by Crippen LogP contribution is 2.20. The van der Waals surface area contributed by atoms with E-state index >= 15 is 0 Å². The lowest BCUT2D eigenvalue weighted by molar-refractivity contribution is 0.0623. The van der Waals surface area contributed by atoms with Crippen LogP contribution in [0.4, 0.5) is 0 Å². The topological polar surface area (TPSA) is 24.5 Å². The van der Waals surface area contributed by atoms with E-state index in [1.807, 2.05) is 7.11 Å². The van der Waals surface area contributed by atoms with E-state index in [9.17, 15) is 0 Å². The number of hydrogen-bond donors (Lipinski definition) is 1. The van der Waals surface area contributed by atoms with Gasteiger partial charge in [-0.3, -0.25) is 0 Å². The zero-order valence-corrected chi connectivity index (χ0v) is 11.2. The van der Waals surface area contributed by atoms with Crippen LogP contribution in [0.2, 0.25) is 0 Å². The smallest absolute Gasteiger partial charge is 0.0572 e. The average molecular weight is 228 g/mol. The first kappa shape index (κ1) is 13.9. The fourth-order valence-electron chi connectivity index (χ4n) is 2.47. The van der Waals surface area contributed by atoms with E-state index in [4.69, 9.17) is 4.74 Å². The van der Waals surface area contributed by atoms with Crippen molar-refractivity contribution in [2.24, 2.45) is 0 Å². The van der Waals surface area contributed by atoms with Crippen molar-refractivity contribution < 1.29 is 4.74 Å². The van der Waals surface area contributed by atoms with Gasteiger partial charge in [0, 0.05) is 26.2 Å². The number of nitrogens with zero attached hydrogens (tertiary/aromatic N) is 1. The maximum atomic E-state index is 5.38. The molecule has 96 valence electrons. The van der Waals surface area contributed by atoms with Gasteiger partial charge >= 0.3 is 0 Å². The van der Waals surface area contributed by atoms with Gasteiger partial charge in [-0.1, -0.05) is 13.8 Å². The molecule has 3 heteroatoms. The lowest BCUT2D eigenvalue weighted by atomic mass is 9.93. The minimum Gasteiger partial charge on any atom is -0.381 e. The Kier molecular flexibility index (Phi) is 7.01. The van der Waals surface area contributed by atoms with Gasteiger partial charge in [0.15, 0.2) is 0 Å². The van der Waals surface area contributed by atoms with Gasteiger partial charge in [-0.2, -0.15) is 0 Å². The molecule has 0 spiro atoms. The van der Waals surface area contributed by atoms with Crippen LogP contribution in [-0.4, -0.2) is 50.3 Å². The van der Waals surface area contributed by atoms with E-state index in [0.29, 0.717) is 6.10 Å². The van der Waals surface area contributed by atoms with Crippen molar-refractivity contribution in [1.82, 2.24) is 10.2 Å². The molecule has 0 heterocycles. The first-order valence-corrected chi connectivity index (χ1v) is 6.78. The molecule has 0 unspecified atom stereocenters. The van der Waals surface area contributed by atoms with Crippen molar-refractivity contribution in [3.63, 3.8) is 0 Å². The van der Waals surface area contributed by atoms with E-state index < -0.39 is 0 Å². The summed E-state index contributed by atoms with van der Waals surface area (Å²) in [5.41, 5.74) is 0. The summed E-state index contributed by atoms with van der Waals surface area (Å²) in [6.07, 6.45) is 5.51. The standard InChI is InChI=1S/C13H28N2O/c1-4-15(5-2)11-10-14-12-6-8-13(16-3)9-7-12/h12-14H,4-11H2,1-3H3. The highest BCUT2D eigenvalue weighted by Gasteiger charge is 2.19. The van der Waals surface area contributed by atoms with Gasteiger partial charge in [-0.25, -0.2) is 0 Å².